The standard InChI is InChI=1S/C13H26N2O2/c1-15(12-6-2-3-7-12)10-9-14-13(17)8-4-5-11-16/h12,16H,2-11H2,1H3,(H,14,17). The summed E-state index contributed by atoms with van der Waals surface area (Å²) in [5, 5.41) is 11.5. The van der Waals surface area contributed by atoms with Gasteiger partial charge in [0.1, 0.15) is 0 Å². The van der Waals surface area contributed by atoms with E-state index in [1.165, 1.54) is 25.7 Å². The van der Waals surface area contributed by atoms with Gasteiger partial charge in [-0.05, 0) is 32.7 Å². The fourth-order valence-electron chi connectivity index (χ4n) is 2.39. The Kier molecular flexibility index (Phi) is 7.21. The number of hydrogen-bond donors (Lipinski definition) is 2. The van der Waals surface area contributed by atoms with Gasteiger partial charge in [-0.2, -0.15) is 0 Å². The van der Waals surface area contributed by atoms with Gasteiger partial charge in [-0.25, -0.2) is 0 Å². The van der Waals surface area contributed by atoms with Gasteiger partial charge in [-0.3, -0.25) is 4.79 Å². The van der Waals surface area contributed by atoms with E-state index >= 15 is 0 Å². The van der Waals surface area contributed by atoms with Crippen LogP contribution >= 0.6 is 0 Å². The number of aliphatic hydroxyl groups excluding tert-OH is 1. The molecule has 1 aliphatic carbocycles. The zero-order valence-electron chi connectivity index (χ0n) is 11.0. The number of hydrogen-bond acceptors (Lipinski definition) is 3. The Hall–Kier alpha value is -0.610. The Morgan fingerprint density at radius 3 is 2.71 bits per heavy atom. The molecule has 0 radical (unpaired) electrons. The Labute approximate surface area is 104 Å². The maximum Gasteiger partial charge on any atom is 0.220 e. The number of nitrogens with zero attached hydrogens (tertiary/aromatic N) is 1. The molecule has 2 N–H and O–H groups in total. The van der Waals surface area contributed by atoms with Gasteiger partial charge in [-0.15, -0.1) is 0 Å². The molecule has 0 aromatic carbocycles. The third-order valence-corrected chi connectivity index (χ3v) is 3.55. The van der Waals surface area contributed by atoms with Crippen molar-refractivity contribution in [1.29, 1.82) is 0 Å². The number of carbonyl (C=O) groups is 1. The first-order valence-electron chi connectivity index (χ1n) is 6.82. The number of aliphatic hydroxyl groups is 1. The monoisotopic (exact) mass is 242 g/mol. The molecule has 0 aromatic heterocycles. The highest BCUT2D eigenvalue weighted by Crippen LogP contribution is 2.21. The van der Waals surface area contributed by atoms with Crippen molar-refractivity contribution in [2.45, 2.75) is 51.0 Å². The van der Waals surface area contributed by atoms with Crippen LogP contribution < -0.4 is 5.32 Å². The summed E-state index contributed by atoms with van der Waals surface area (Å²) in [6.45, 7) is 1.86. The van der Waals surface area contributed by atoms with Crippen molar-refractivity contribution in [1.82, 2.24) is 10.2 Å². The molecule has 0 spiro atoms. The van der Waals surface area contributed by atoms with Gasteiger partial charge < -0.3 is 15.3 Å². The average molecular weight is 242 g/mol. The third kappa shape index (κ3) is 6.03. The quantitative estimate of drug-likeness (QED) is 0.628. The summed E-state index contributed by atoms with van der Waals surface area (Å²) in [6.07, 6.45) is 7.34. The molecule has 0 atom stereocenters. The number of nitrogens with one attached hydrogen (secondary N) is 1. The molecule has 0 aromatic rings. The van der Waals surface area contributed by atoms with Crippen molar-refractivity contribution in [3.63, 3.8) is 0 Å². The summed E-state index contributed by atoms with van der Waals surface area (Å²) in [6, 6.07) is 0.723. The van der Waals surface area contributed by atoms with E-state index in [2.05, 4.69) is 17.3 Å². The van der Waals surface area contributed by atoms with Crippen molar-refractivity contribution in [3.8, 4) is 0 Å². The molecule has 0 heterocycles. The van der Waals surface area contributed by atoms with Crippen LogP contribution in [0.1, 0.15) is 44.9 Å². The maximum absolute atomic E-state index is 11.4. The summed E-state index contributed by atoms with van der Waals surface area (Å²) < 4.78 is 0. The van der Waals surface area contributed by atoms with Gasteiger partial charge in [-0.1, -0.05) is 12.8 Å². The number of likely N-dealkylation sites (N-methyl/N-ethyl adjacent to an activating group) is 1. The lowest BCUT2D eigenvalue weighted by Gasteiger charge is -2.23. The zero-order valence-corrected chi connectivity index (χ0v) is 11.0. The maximum atomic E-state index is 11.4. The highest BCUT2D eigenvalue weighted by Gasteiger charge is 2.18. The van der Waals surface area contributed by atoms with E-state index in [1.54, 1.807) is 0 Å². The summed E-state index contributed by atoms with van der Waals surface area (Å²) >= 11 is 0. The van der Waals surface area contributed by atoms with E-state index in [0.717, 1.165) is 32.0 Å². The third-order valence-electron chi connectivity index (χ3n) is 3.55. The molecule has 0 saturated heterocycles. The van der Waals surface area contributed by atoms with E-state index in [9.17, 15) is 4.79 Å². The molecule has 1 amide bonds. The molecule has 1 saturated carbocycles. The number of carbonyl (C=O) groups excluding carboxylic acids is 1. The molecule has 0 aliphatic heterocycles. The fraction of sp³-hybridized carbons (Fsp3) is 0.923. The van der Waals surface area contributed by atoms with Crippen LogP contribution in [-0.4, -0.2) is 48.7 Å². The minimum Gasteiger partial charge on any atom is -0.396 e. The molecule has 1 rings (SSSR count). The molecule has 1 aliphatic rings. The van der Waals surface area contributed by atoms with Crippen molar-refractivity contribution in [2.24, 2.45) is 0 Å². The molecule has 17 heavy (non-hydrogen) atoms. The van der Waals surface area contributed by atoms with Gasteiger partial charge in [0.2, 0.25) is 5.91 Å². The van der Waals surface area contributed by atoms with Crippen LogP contribution in [-0.2, 0) is 4.79 Å². The summed E-state index contributed by atoms with van der Waals surface area (Å²) in [4.78, 5) is 13.8. The second kappa shape index (κ2) is 8.48. The van der Waals surface area contributed by atoms with Gasteiger partial charge in [0, 0.05) is 32.2 Å². The van der Waals surface area contributed by atoms with Crippen LogP contribution in [0.4, 0.5) is 0 Å². The lowest BCUT2D eigenvalue weighted by Crippen LogP contribution is -2.37. The highest BCUT2D eigenvalue weighted by molar-refractivity contribution is 5.75. The van der Waals surface area contributed by atoms with Gasteiger partial charge >= 0.3 is 0 Å². The topological polar surface area (TPSA) is 52.6 Å². The van der Waals surface area contributed by atoms with E-state index in [0.29, 0.717) is 6.42 Å². The SMILES string of the molecule is CN(CCNC(=O)CCCCO)C1CCCC1. The summed E-state index contributed by atoms with van der Waals surface area (Å²) in [5.74, 6) is 0.110. The molecule has 4 heteroatoms. The first kappa shape index (κ1) is 14.5. The predicted octanol–water partition coefficient (Wildman–Crippen LogP) is 1.14. The first-order valence-corrected chi connectivity index (χ1v) is 6.82. The smallest absolute Gasteiger partial charge is 0.220 e. The largest absolute Gasteiger partial charge is 0.396 e. The summed E-state index contributed by atoms with van der Waals surface area (Å²) in [7, 11) is 2.15. The number of amides is 1. The second-order valence-electron chi connectivity index (χ2n) is 4.95. The van der Waals surface area contributed by atoms with Crippen LogP contribution in [0.5, 0.6) is 0 Å². The Morgan fingerprint density at radius 1 is 1.35 bits per heavy atom. The zero-order chi connectivity index (χ0) is 12.5. The Bertz CT molecular complexity index is 215. The predicted molar refractivity (Wildman–Crippen MR) is 68.8 cm³/mol. The van der Waals surface area contributed by atoms with Crippen LogP contribution in [0.15, 0.2) is 0 Å². The molecule has 0 bridgehead atoms. The molecular formula is C13H26N2O2. The van der Waals surface area contributed by atoms with Crippen molar-refractivity contribution < 1.29 is 9.90 Å². The average Bonchev–Trinajstić information content (AvgIpc) is 2.82. The lowest BCUT2D eigenvalue weighted by atomic mass is 10.2. The van der Waals surface area contributed by atoms with Crippen LogP contribution in [0.25, 0.3) is 0 Å². The lowest BCUT2D eigenvalue weighted by molar-refractivity contribution is -0.121. The van der Waals surface area contributed by atoms with Crippen LogP contribution in [0, 0.1) is 0 Å². The summed E-state index contributed by atoms with van der Waals surface area (Å²) in [5.41, 5.74) is 0. The molecule has 4 nitrogen and oxygen atoms in total. The Balaban J connectivity index is 2.00. The second-order valence-corrected chi connectivity index (χ2v) is 4.95. The first-order chi connectivity index (χ1) is 8.24. The highest BCUT2D eigenvalue weighted by atomic mass is 16.2. The molecule has 100 valence electrons. The minimum absolute atomic E-state index is 0.110. The van der Waals surface area contributed by atoms with Gasteiger partial charge in [0.15, 0.2) is 0 Å². The van der Waals surface area contributed by atoms with Crippen LogP contribution in [0.3, 0.4) is 0 Å². The normalized spacial score (nSPS) is 16.6. The van der Waals surface area contributed by atoms with Gasteiger partial charge in [0.05, 0.1) is 0 Å². The van der Waals surface area contributed by atoms with E-state index in [1.807, 2.05) is 0 Å². The van der Waals surface area contributed by atoms with Crippen molar-refractivity contribution >= 4 is 5.91 Å². The number of rotatable bonds is 8. The van der Waals surface area contributed by atoms with Gasteiger partial charge in [0.25, 0.3) is 0 Å². The number of unbranched alkanes of at least 4 members (excludes halogenated alkanes) is 1. The fourth-order valence-corrected chi connectivity index (χ4v) is 2.39. The minimum atomic E-state index is 0.110. The van der Waals surface area contributed by atoms with Crippen molar-refractivity contribution in [3.05, 3.63) is 0 Å². The molecular weight excluding hydrogens is 216 g/mol. The van der Waals surface area contributed by atoms with Crippen molar-refractivity contribution in [2.75, 3.05) is 26.7 Å². The Morgan fingerprint density at radius 2 is 2.06 bits per heavy atom. The molecule has 0 unspecified atom stereocenters. The van der Waals surface area contributed by atoms with E-state index < -0.39 is 0 Å². The van der Waals surface area contributed by atoms with E-state index in [4.69, 9.17) is 5.11 Å². The van der Waals surface area contributed by atoms with E-state index in [-0.39, 0.29) is 12.5 Å². The van der Waals surface area contributed by atoms with Crippen LogP contribution in [0.2, 0.25) is 0 Å². The molecule has 1 fully saturated rings.